The molecule has 0 saturated carbocycles. The fourth-order valence-corrected chi connectivity index (χ4v) is 1.37. The molecule has 0 saturated heterocycles. The summed E-state index contributed by atoms with van der Waals surface area (Å²) in [6, 6.07) is 0. The van der Waals surface area contributed by atoms with Crippen molar-refractivity contribution in [1.82, 2.24) is 0 Å². The molecule has 0 unspecified atom stereocenters. The fraction of sp³-hybridized carbons (Fsp3) is 0.643. The molecule has 0 bridgehead atoms. The predicted octanol–water partition coefficient (Wildman–Crippen LogP) is 4.35. The Hall–Kier alpha value is -0.850. The lowest BCUT2D eigenvalue weighted by Crippen LogP contribution is -1.77. The van der Waals surface area contributed by atoms with Crippen molar-refractivity contribution in [3.8, 4) is 0 Å². The van der Waals surface area contributed by atoms with Crippen LogP contribution in [0.2, 0.25) is 0 Å². The Kier molecular flexibility index (Phi) is 10.6. The summed E-state index contributed by atoms with van der Waals surface area (Å²) in [6.07, 6.45) is 16.3. The van der Waals surface area contributed by atoms with Gasteiger partial charge in [-0.05, 0) is 19.8 Å². The van der Waals surface area contributed by atoms with Crippen LogP contribution in [0.1, 0.15) is 58.8 Å². The zero-order valence-electron chi connectivity index (χ0n) is 10.1. The summed E-state index contributed by atoms with van der Waals surface area (Å²) < 4.78 is 0. The standard InChI is InChI=1S/C14H23O/c1-3-4-5-6-7-8-9-10-11-14(2)12-13-15/h9-11H,3-8,12H2,1-2H3/b10-9+,14-11+. The minimum atomic E-state index is 0.431. The second-order valence-electron chi connectivity index (χ2n) is 3.97. The van der Waals surface area contributed by atoms with E-state index in [2.05, 4.69) is 13.0 Å². The summed E-state index contributed by atoms with van der Waals surface area (Å²) in [7, 11) is 0. The van der Waals surface area contributed by atoms with Gasteiger partial charge in [-0.25, -0.2) is 0 Å². The van der Waals surface area contributed by atoms with Crippen molar-refractivity contribution in [1.29, 1.82) is 0 Å². The highest BCUT2D eigenvalue weighted by Gasteiger charge is 1.87. The molecule has 1 heteroatoms. The lowest BCUT2D eigenvalue weighted by atomic mass is 10.1. The molecule has 0 N–H and O–H groups in total. The molecule has 1 radical (unpaired) electrons. The SMILES string of the molecule is CCCCCCC/C=C/C=C(\C)C[C]=O. The van der Waals surface area contributed by atoms with E-state index in [1.807, 2.05) is 25.4 Å². The van der Waals surface area contributed by atoms with E-state index in [4.69, 9.17) is 0 Å². The Morgan fingerprint density at radius 2 is 1.93 bits per heavy atom. The van der Waals surface area contributed by atoms with Gasteiger partial charge in [-0.15, -0.1) is 0 Å². The molecule has 0 aromatic heterocycles. The molecule has 0 aliphatic carbocycles. The van der Waals surface area contributed by atoms with Crippen LogP contribution in [0.5, 0.6) is 0 Å². The topological polar surface area (TPSA) is 17.1 Å². The zero-order valence-corrected chi connectivity index (χ0v) is 10.1. The van der Waals surface area contributed by atoms with Crippen molar-refractivity contribution >= 4 is 6.29 Å². The summed E-state index contributed by atoms with van der Waals surface area (Å²) in [4.78, 5) is 10.1. The van der Waals surface area contributed by atoms with Gasteiger partial charge in [0.25, 0.3) is 0 Å². The molecule has 0 aliphatic rings. The fourth-order valence-electron chi connectivity index (χ4n) is 1.37. The Bertz CT molecular complexity index is 201. The van der Waals surface area contributed by atoms with Gasteiger partial charge in [-0.2, -0.15) is 0 Å². The van der Waals surface area contributed by atoms with E-state index in [1.165, 1.54) is 32.1 Å². The maximum Gasteiger partial charge on any atom is 0.202 e. The molecule has 0 atom stereocenters. The van der Waals surface area contributed by atoms with Crippen molar-refractivity contribution in [2.45, 2.75) is 58.8 Å². The van der Waals surface area contributed by atoms with Crippen LogP contribution in [0, 0.1) is 0 Å². The van der Waals surface area contributed by atoms with Gasteiger partial charge in [0, 0.05) is 6.42 Å². The number of hydrogen-bond donors (Lipinski definition) is 0. The predicted molar refractivity (Wildman–Crippen MR) is 66.6 cm³/mol. The molecule has 0 amide bonds. The smallest absolute Gasteiger partial charge is 0.202 e. The third kappa shape index (κ3) is 11.1. The first kappa shape index (κ1) is 14.2. The van der Waals surface area contributed by atoms with Gasteiger partial charge in [-0.3, -0.25) is 4.79 Å². The quantitative estimate of drug-likeness (QED) is 0.406. The van der Waals surface area contributed by atoms with Gasteiger partial charge in [0.1, 0.15) is 0 Å². The number of rotatable bonds is 9. The van der Waals surface area contributed by atoms with Gasteiger partial charge in [0.2, 0.25) is 6.29 Å². The molecule has 0 rings (SSSR count). The minimum Gasteiger partial charge on any atom is -0.291 e. The molecule has 85 valence electrons. The maximum atomic E-state index is 10.1. The lowest BCUT2D eigenvalue weighted by molar-refractivity contribution is 0.555. The Balaban J connectivity index is 3.38. The summed E-state index contributed by atoms with van der Waals surface area (Å²) in [5, 5.41) is 0. The average molecular weight is 207 g/mol. The van der Waals surface area contributed by atoms with Crippen LogP contribution < -0.4 is 0 Å². The molecular formula is C14H23O. The van der Waals surface area contributed by atoms with Crippen LogP contribution in [0.3, 0.4) is 0 Å². The van der Waals surface area contributed by atoms with E-state index in [9.17, 15) is 4.79 Å². The Morgan fingerprint density at radius 1 is 1.20 bits per heavy atom. The molecule has 1 nitrogen and oxygen atoms in total. The number of allylic oxidation sites excluding steroid dienone is 4. The Morgan fingerprint density at radius 3 is 2.60 bits per heavy atom. The number of unbranched alkanes of at least 4 members (excludes halogenated alkanes) is 5. The van der Waals surface area contributed by atoms with Crippen molar-refractivity contribution in [3.05, 3.63) is 23.8 Å². The third-order valence-corrected chi connectivity index (χ3v) is 2.34. The third-order valence-electron chi connectivity index (χ3n) is 2.34. The molecule has 0 spiro atoms. The first-order chi connectivity index (χ1) is 7.31. The molecule has 0 aromatic rings. The highest BCUT2D eigenvalue weighted by atomic mass is 16.1. The molecular weight excluding hydrogens is 184 g/mol. The molecule has 0 aliphatic heterocycles. The van der Waals surface area contributed by atoms with Crippen LogP contribution in [-0.2, 0) is 4.79 Å². The van der Waals surface area contributed by atoms with Gasteiger partial charge in [-0.1, -0.05) is 56.4 Å². The van der Waals surface area contributed by atoms with Crippen LogP contribution in [0.15, 0.2) is 23.8 Å². The summed E-state index contributed by atoms with van der Waals surface area (Å²) in [6.45, 7) is 4.19. The second kappa shape index (κ2) is 11.2. The molecule has 0 heterocycles. The van der Waals surface area contributed by atoms with E-state index in [1.54, 1.807) is 0 Å². The van der Waals surface area contributed by atoms with Crippen molar-refractivity contribution in [3.63, 3.8) is 0 Å². The maximum absolute atomic E-state index is 10.1. The van der Waals surface area contributed by atoms with Crippen LogP contribution in [-0.4, -0.2) is 6.29 Å². The second-order valence-corrected chi connectivity index (χ2v) is 3.97. The van der Waals surface area contributed by atoms with E-state index in [-0.39, 0.29) is 0 Å². The molecule has 0 aromatic carbocycles. The lowest BCUT2D eigenvalue weighted by Gasteiger charge is -1.95. The Labute approximate surface area is 94.3 Å². The molecule has 15 heavy (non-hydrogen) atoms. The minimum absolute atomic E-state index is 0.431. The van der Waals surface area contributed by atoms with E-state index in [0.29, 0.717) is 6.42 Å². The van der Waals surface area contributed by atoms with Crippen molar-refractivity contribution in [2.75, 3.05) is 0 Å². The van der Waals surface area contributed by atoms with E-state index < -0.39 is 0 Å². The van der Waals surface area contributed by atoms with Crippen LogP contribution in [0.25, 0.3) is 0 Å². The zero-order chi connectivity index (χ0) is 11.4. The largest absolute Gasteiger partial charge is 0.291 e. The normalized spacial score (nSPS) is 12.3. The molecule has 0 fully saturated rings. The van der Waals surface area contributed by atoms with Crippen molar-refractivity contribution < 1.29 is 4.79 Å². The average Bonchev–Trinajstić information content (AvgIpc) is 2.22. The first-order valence-electron chi connectivity index (χ1n) is 5.98. The number of carbonyl (C=O) groups excluding carboxylic acids is 1. The monoisotopic (exact) mass is 207 g/mol. The summed E-state index contributed by atoms with van der Waals surface area (Å²) >= 11 is 0. The number of hydrogen-bond acceptors (Lipinski definition) is 1. The highest BCUT2D eigenvalue weighted by Crippen LogP contribution is 2.05. The first-order valence-corrected chi connectivity index (χ1v) is 5.98. The summed E-state index contributed by atoms with van der Waals surface area (Å²) in [5.41, 5.74) is 1.08. The van der Waals surface area contributed by atoms with Gasteiger partial charge in [0.15, 0.2) is 0 Å². The van der Waals surface area contributed by atoms with Gasteiger partial charge < -0.3 is 0 Å². The van der Waals surface area contributed by atoms with Crippen LogP contribution in [0.4, 0.5) is 0 Å². The van der Waals surface area contributed by atoms with E-state index >= 15 is 0 Å². The summed E-state index contributed by atoms with van der Waals surface area (Å²) in [5.74, 6) is 0. The van der Waals surface area contributed by atoms with Gasteiger partial charge >= 0.3 is 0 Å². The highest BCUT2D eigenvalue weighted by molar-refractivity contribution is 5.55. The van der Waals surface area contributed by atoms with Gasteiger partial charge in [0.05, 0.1) is 0 Å². The van der Waals surface area contributed by atoms with Crippen LogP contribution >= 0.6 is 0 Å². The van der Waals surface area contributed by atoms with E-state index in [0.717, 1.165) is 12.0 Å². The van der Waals surface area contributed by atoms with Crippen molar-refractivity contribution in [2.24, 2.45) is 0 Å².